The number of hydrogen-bond donors (Lipinski definition) is 0. The van der Waals surface area contributed by atoms with Crippen LogP contribution in [0.3, 0.4) is 0 Å². The van der Waals surface area contributed by atoms with E-state index in [-0.39, 0.29) is 5.78 Å². The molecule has 1 aromatic rings. The van der Waals surface area contributed by atoms with E-state index < -0.39 is 0 Å². The highest BCUT2D eigenvalue weighted by Gasteiger charge is 2.22. The zero-order valence-corrected chi connectivity index (χ0v) is 9.58. The molecular weight excluding hydrogens is 186 g/mol. The van der Waals surface area contributed by atoms with E-state index in [1.807, 2.05) is 0 Å². The zero-order valence-electron chi connectivity index (χ0n) is 9.58. The number of rotatable bonds is 2. The Labute approximate surface area is 90.9 Å². The van der Waals surface area contributed by atoms with Gasteiger partial charge >= 0.3 is 0 Å². The van der Waals surface area contributed by atoms with Gasteiger partial charge in [0.2, 0.25) is 0 Å². The maximum absolute atomic E-state index is 11.0. The molecule has 0 saturated carbocycles. The summed E-state index contributed by atoms with van der Waals surface area (Å²) in [5.74, 6) is 0.833. The third kappa shape index (κ3) is 1.89. The summed E-state index contributed by atoms with van der Waals surface area (Å²) in [4.78, 5) is 13.3. The smallest absolute Gasteiger partial charge is 0.134 e. The van der Waals surface area contributed by atoms with Gasteiger partial charge in [-0.05, 0) is 24.1 Å². The van der Waals surface area contributed by atoms with Crippen molar-refractivity contribution in [2.24, 2.45) is 0 Å². The summed E-state index contributed by atoms with van der Waals surface area (Å²) in [5, 5.41) is 0. The fourth-order valence-corrected chi connectivity index (χ4v) is 2.34. The van der Waals surface area contributed by atoms with Crippen molar-refractivity contribution in [3.63, 3.8) is 0 Å². The minimum atomic E-state index is 0.226. The molecule has 0 aromatic heterocycles. The SMILES string of the molecule is CC(=O)Cc1ccc2c(c1)N(C)CC2C. The van der Waals surface area contributed by atoms with Crippen LogP contribution in [-0.2, 0) is 11.2 Å². The van der Waals surface area contributed by atoms with Crippen LogP contribution >= 0.6 is 0 Å². The molecule has 0 saturated heterocycles. The fourth-order valence-electron chi connectivity index (χ4n) is 2.34. The highest BCUT2D eigenvalue weighted by molar-refractivity contribution is 5.79. The molecule has 0 N–H and O–H groups in total. The molecule has 1 heterocycles. The first kappa shape index (κ1) is 10.2. The van der Waals surface area contributed by atoms with Gasteiger partial charge in [-0.1, -0.05) is 19.1 Å². The van der Waals surface area contributed by atoms with E-state index in [9.17, 15) is 4.79 Å². The van der Waals surface area contributed by atoms with Crippen LogP contribution in [0.25, 0.3) is 0 Å². The van der Waals surface area contributed by atoms with Gasteiger partial charge in [0.05, 0.1) is 0 Å². The summed E-state index contributed by atoms with van der Waals surface area (Å²) >= 11 is 0. The standard InChI is InChI=1S/C13H17NO/c1-9-8-14(3)13-7-11(6-10(2)15)4-5-12(9)13/h4-5,7,9H,6,8H2,1-3H3. The number of ketones is 1. The van der Waals surface area contributed by atoms with Gasteiger partial charge in [-0.3, -0.25) is 4.79 Å². The second-order valence-electron chi connectivity index (χ2n) is 4.55. The number of nitrogens with zero attached hydrogens (tertiary/aromatic N) is 1. The van der Waals surface area contributed by atoms with E-state index in [0.717, 1.165) is 12.1 Å². The molecule has 1 aromatic carbocycles. The quantitative estimate of drug-likeness (QED) is 0.735. The molecule has 1 aliphatic rings. The molecule has 0 radical (unpaired) electrons. The third-order valence-corrected chi connectivity index (χ3v) is 3.04. The van der Waals surface area contributed by atoms with Crippen LogP contribution in [0.2, 0.25) is 0 Å². The van der Waals surface area contributed by atoms with Gasteiger partial charge in [0.1, 0.15) is 5.78 Å². The Morgan fingerprint density at radius 1 is 1.53 bits per heavy atom. The number of hydrogen-bond acceptors (Lipinski definition) is 2. The Morgan fingerprint density at radius 3 is 2.93 bits per heavy atom. The fraction of sp³-hybridized carbons (Fsp3) is 0.462. The first-order valence-electron chi connectivity index (χ1n) is 5.41. The van der Waals surface area contributed by atoms with E-state index in [1.165, 1.54) is 11.3 Å². The molecule has 1 atom stereocenters. The lowest BCUT2D eigenvalue weighted by molar-refractivity contribution is -0.116. The maximum Gasteiger partial charge on any atom is 0.134 e. The monoisotopic (exact) mass is 203 g/mol. The molecule has 0 fully saturated rings. The topological polar surface area (TPSA) is 20.3 Å². The summed E-state index contributed by atoms with van der Waals surface area (Å²) in [6.45, 7) is 4.96. The number of benzene rings is 1. The highest BCUT2D eigenvalue weighted by atomic mass is 16.1. The van der Waals surface area contributed by atoms with Crippen LogP contribution in [0.15, 0.2) is 18.2 Å². The molecule has 0 bridgehead atoms. The van der Waals surface area contributed by atoms with Crippen LogP contribution < -0.4 is 4.90 Å². The van der Waals surface area contributed by atoms with E-state index in [4.69, 9.17) is 0 Å². The highest BCUT2D eigenvalue weighted by Crippen LogP contribution is 2.35. The molecule has 15 heavy (non-hydrogen) atoms. The molecular formula is C13H17NO. The van der Waals surface area contributed by atoms with Crippen molar-refractivity contribution in [1.29, 1.82) is 0 Å². The number of carbonyl (C=O) groups excluding carboxylic acids is 1. The number of likely N-dealkylation sites (N-methyl/N-ethyl adjacent to an activating group) is 1. The Bertz CT molecular complexity index is 398. The van der Waals surface area contributed by atoms with Crippen molar-refractivity contribution in [2.45, 2.75) is 26.2 Å². The first-order chi connectivity index (χ1) is 7.08. The Balaban J connectivity index is 2.34. The second kappa shape index (κ2) is 3.69. The van der Waals surface area contributed by atoms with Crippen molar-refractivity contribution in [2.75, 3.05) is 18.5 Å². The van der Waals surface area contributed by atoms with Crippen molar-refractivity contribution < 1.29 is 4.79 Å². The van der Waals surface area contributed by atoms with Crippen LogP contribution in [0, 0.1) is 0 Å². The maximum atomic E-state index is 11.0. The lowest BCUT2D eigenvalue weighted by atomic mass is 10.0. The first-order valence-corrected chi connectivity index (χ1v) is 5.41. The van der Waals surface area contributed by atoms with Crippen LogP contribution in [-0.4, -0.2) is 19.4 Å². The van der Waals surface area contributed by atoms with E-state index >= 15 is 0 Å². The molecule has 2 heteroatoms. The summed E-state index contributed by atoms with van der Waals surface area (Å²) in [7, 11) is 2.11. The normalized spacial score (nSPS) is 19.1. The van der Waals surface area contributed by atoms with Gasteiger partial charge in [0, 0.05) is 31.6 Å². The van der Waals surface area contributed by atoms with E-state index in [1.54, 1.807) is 6.92 Å². The van der Waals surface area contributed by atoms with Gasteiger partial charge in [0.15, 0.2) is 0 Å². The molecule has 0 aliphatic carbocycles. The number of anilines is 1. The minimum Gasteiger partial charge on any atom is -0.374 e. The van der Waals surface area contributed by atoms with Crippen molar-refractivity contribution in [3.05, 3.63) is 29.3 Å². The third-order valence-electron chi connectivity index (χ3n) is 3.04. The van der Waals surface area contributed by atoms with Crippen LogP contribution in [0.5, 0.6) is 0 Å². The Morgan fingerprint density at radius 2 is 2.27 bits per heavy atom. The van der Waals surface area contributed by atoms with Crippen LogP contribution in [0.1, 0.15) is 30.9 Å². The number of fused-ring (bicyclic) bond motifs is 1. The van der Waals surface area contributed by atoms with Crippen molar-refractivity contribution in [3.8, 4) is 0 Å². The summed E-state index contributed by atoms with van der Waals surface area (Å²) in [5.41, 5.74) is 3.83. The largest absolute Gasteiger partial charge is 0.374 e. The van der Waals surface area contributed by atoms with E-state index in [0.29, 0.717) is 12.3 Å². The molecule has 2 rings (SSSR count). The lowest BCUT2D eigenvalue weighted by Gasteiger charge is -2.12. The Kier molecular flexibility index (Phi) is 2.51. The average molecular weight is 203 g/mol. The zero-order chi connectivity index (χ0) is 11.0. The number of Topliss-reactive ketones (excluding diaryl/α,β-unsaturated/α-hetero) is 1. The summed E-state index contributed by atoms with van der Waals surface area (Å²) in [6.07, 6.45) is 0.551. The van der Waals surface area contributed by atoms with Gasteiger partial charge in [-0.25, -0.2) is 0 Å². The molecule has 0 amide bonds. The molecule has 0 spiro atoms. The summed E-state index contributed by atoms with van der Waals surface area (Å²) < 4.78 is 0. The average Bonchev–Trinajstić information content (AvgIpc) is 2.41. The Hall–Kier alpha value is -1.31. The predicted octanol–water partition coefficient (Wildman–Crippen LogP) is 2.37. The molecule has 80 valence electrons. The van der Waals surface area contributed by atoms with Gasteiger partial charge in [-0.15, -0.1) is 0 Å². The summed E-state index contributed by atoms with van der Waals surface area (Å²) in [6, 6.07) is 6.40. The van der Waals surface area contributed by atoms with Crippen LogP contribution in [0.4, 0.5) is 5.69 Å². The van der Waals surface area contributed by atoms with Gasteiger partial charge < -0.3 is 4.90 Å². The minimum absolute atomic E-state index is 0.226. The number of carbonyl (C=O) groups is 1. The van der Waals surface area contributed by atoms with Gasteiger partial charge in [-0.2, -0.15) is 0 Å². The van der Waals surface area contributed by atoms with Gasteiger partial charge in [0.25, 0.3) is 0 Å². The second-order valence-corrected chi connectivity index (χ2v) is 4.55. The predicted molar refractivity (Wildman–Crippen MR) is 62.5 cm³/mol. The lowest BCUT2D eigenvalue weighted by Crippen LogP contribution is -2.14. The van der Waals surface area contributed by atoms with Crippen molar-refractivity contribution in [1.82, 2.24) is 0 Å². The van der Waals surface area contributed by atoms with Crippen molar-refractivity contribution >= 4 is 11.5 Å². The van der Waals surface area contributed by atoms with E-state index in [2.05, 4.69) is 37.1 Å². The molecule has 1 aliphatic heterocycles. The molecule has 2 nitrogen and oxygen atoms in total. The molecule has 1 unspecified atom stereocenters.